The zero-order valence-electron chi connectivity index (χ0n) is 18.8. The predicted octanol–water partition coefficient (Wildman–Crippen LogP) is 5.61. The molecule has 2 aromatic heterocycles. The van der Waals surface area contributed by atoms with Gasteiger partial charge in [-0.15, -0.1) is 0 Å². The lowest BCUT2D eigenvalue weighted by atomic mass is 10.0. The number of hydrogen-bond donors (Lipinski definition) is 1. The number of furan rings is 1. The van der Waals surface area contributed by atoms with Gasteiger partial charge in [-0.25, -0.2) is 4.79 Å². The summed E-state index contributed by atoms with van der Waals surface area (Å²) in [5.74, 6) is 0.876. The lowest BCUT2D eigenvalue weighted by Crippen LogP contribution is -2.29. The topological polar surface area (TPSA) is 67.6 Å². The van der Waals surface area contributed by atoms with Crippen molar-refractivity contribution >= 4 is 29.0 Å². The van der Waals surface area contributed by atoms with Crippen LogP contribution in [0.3, 0.4) is 0 Å². The number of aromatic nitrogens is 1. The van der Waals surface area contributed by atoms with Gasteiger partial charge in [-0.1, -0.05) is 42.0 Å². The molecule has 2 aromatic carbocycles. The van der Waals surface area contributed by atoms with Crippen molar-refractivity contribution in [1.29, 1.82) is 0 Å². The van der Waals surface area contributed by atoms with E-state index in [0.29, 0.717) is 27.8 Å². The molecule has 7 heteroatoms. The van der Waals surface area contributed by atoms with E-state index >= 15 is 0 Å². The molecule has 3 heterocycles. The molecule has 0 spiro atoms. The predicted molar refractivity (Wildman–Crippen MR) is 135 cm³/mol. The zero-order chi connectivity index (χ0) is 23.7. The van der Waals surface area contributed by atoms with E-state index in [2.05, 4.69) is 34.3 Å². The third-order valence-electron chi connectivity index (χ3n) is 5.93. The van der Waals surface area contributed by atoms with Gasteiger partial charge in [0.05, 0.1) is 24.4 Å². The highest BCUT2D eigenvalue weighted by atomic mass is 32.1. The Hall–Kier alpha value is -3.97. The van der Waals surface area contributed by atoms with E-state index < -0.39 is 5.97 Å². The number of anilines is 1. The first-order chi connectivity index (χ1) is 16.6. The molecule has 1 saturated heterocycles. The summed E-state index contributed by atoms with van der Waals surface area (Å²) in [5, 5.41) is 4.03. The van der Waals surface area contributed by atoms with Gasteiger partial charge in [0, 0.05) is 17.4 Å². The molecule has 1 aliphatic heterocycles. The van der Waals surface area contributed by atoms with Crippen molar-refractivity contribution in [2.45, 2.75) is 19.0 Å². The first-order valence-electron chi connectivity index (χ1n) is 10.9. The fraction of sp³-hybridized carbons (Fsp3) is 0.148. The maximum absolute atomic E-state index is 12.3. The van der Waals surface area contributed by atoms with Gasteiger partial charge in [-0.3, -0.25) is 4.98 Å². The lowest BCUT2D eigenvalue weighted by Gasteiger charge is -2.26. The van der Waals surface area contributed by atoms with E-state index in [1.165, 1.54) is 12.7 Å². The van der Waals surface area contributed by atoms with Gasteiger partial charge in [0.2, 0.25) is 0 Å². The Balaban J connectivity index is 1.60. The second kappa shape index (κ2) is 9.11. The first kappa shape index (κ1) is 21.9. The Labute approximate surface area is 203 Å². The normalized spacial score (nSPS) is 17.5. The van der Waals surface area contributed by atoms with Crippen LogP contribution in [0.15, 0.2) is 89.5 Å². The van der Waals surface area contributed by atoms with Crippen LogP contribution < -0.4 is 10.2 Å². The summed E-state index contributed by atoms with van der Waals surface area (Å²) in [7, 11) is 1.37. The summed E-state index contributed by atoms with van der Waals surface area (Å²) in [4.78, 5) is 18.9. The molecule has 1 aliphatic rings. The van der Waals surface area contributed by atoms with Crippen molar-refractivity contribution in [3.63, 3.8) is 0 Å². The lowest BCUT2D eigenvalue weighted by molar-refractivity contribution is 0.0601. The number of ether oxygens (including phenoxy) is 1. The molecular formula is C27H23N3O3S. The molecular weight excluding hydrogens is 446 g/mol. The number of carbonyl (C=O) groups excluding carboxylic acids is 1. The highest BCUT2D eigenvalue weighted by Crippen LogP contribution is 2.43. The van der Waals surface area contributed by atoms with Gasteiger partial charge in [-0.05, 0) is 61.6 Å². The van der Waals surface area contributed by atoms with Gasteiger partial charge in [0.15, 0.2) is 5.11 Å². The number of methoxy groups -OCH3 is 1. The molecule has 1 fully saturated rings. The SMILES string of the molecule is COC(=O)c1ccccc1-c1ccc([C@@H]2[C@@H](c3ccccn3)NC(=S)N2c2ccc(C)cc2)o1. The van der Waals surface area contributed by atoms with Crippen molar-refractivity contribution in [2.24, 2.45) is 0 Å². The number of hydrogen-bond acceptors (Lipinski definition) is 5. The Morgan fingerprint density at radius 1 is 1.03 bits per heavy atom. The quantitative estimate of drug-likeness (QED) is 0.301. The monoisotopic (exact) mass is 469 g/mol. The average Bonchev–Trinajstić information content (AvgIpc) is 3.49. The van der Waals surface area contributed by atoms with Crippen LogP contribution in [0.2, 0.25) is 0 Å². The first-order valence-corrected chi connectivity index (χ1v) is 11.3. The van der Waals surface area contributed by atoms with E-state index in [1.54, 1.807) is 18.3 Å². The maximum Gasteiger partial charge on any atom is 0.338 e. The molecule has 1 N–H and O–H groups in total. The summed E-state index contributed by atoms with van der Waals surface area (Å²) in [6.45, 7) is 2.05. The third-order valence-corrected chi connectivity index (χ3v) is 6.24. The van der Waals surface area contributed by atoms with Crippen molar-refractivity contribution in [3.8, 4) is 11.3 Å². The summed E-state index contributed by atoms with van der Waals surface area (Å²) in [6, 6.07) is 24.6. The second-order valence-electron chi connectivity index (χ2n) is 8.07. The summed E-state index contributed by atoms with van der Waals surface area (Å²) >= 11 is 5.76. The number of pyridine rings is 1. The smallest absolute Gasteiger partial charge is 0.338 e. The number of nitrogens with zero attached hydrogens (tertiary/aromatic N) is 2. The number of carbonyl (C=O) groups is 1. The summed E-state index contributed by atoms with van der Waals surface area (Å²) in [5.41, 5.74) is 4.10. The van der Waals surface area contributed by atoms with Crippen molar-refractivity contribution < 1.29 is 13.9 Å². The second-order valence-corrected chi connectivity index (χ2v) is 8.46. The molecule has 170 valence electrons. The molecule has 0 saturated carbocycles. The number of benzene rings is 2. The highest BCUT2D eigenvalue weighted by Gasteiger charge is 2.42. The standard InChI is InChI=1S/C27H23N3O3S/c1-17-10-12-18(13-11-17)30-25(24(29-27(30)34)21-9-5-6-16-28-21)23-15-14-22(33-23)19-7-3-4-8-20(19)26(31)32-2/h3-16,24-25H,1-2H3,(H,29,34)/t24-,25-/m1/s1. The Morgan fingerprint density at radius 2 is 1.79 bits per heavy atom. The molecule has 0 amide bonds. The largest absolute Gasteiger partial charge is 0.465 e. The fourth-order valence-electron chi connectivity index (χ4n) is 4.27. The molecule has 0 unspecified atom stereocenters. The van der Waals surface area contributed by atoms with E-state index in [1.807, 2.05) is 54.6 Å². The molecule has 34 heavy (non-hydrogen) atoms. The van der Waals surface area contributed by atoms with E-state index in [-0.39, 0.29) is 12.1 Å². The van der Waals surface area contributed by atoms with Gasteiger partial charge >= 0.3 is 5.97 Å². The highest BCUT2D eigenvalue weighted by molar-refractivity contribution is 7.80. The van der Waals surface area contributed by atoms with Crippen LogP contribution in [0.25, 0.3) is 11.3 Å². The van der Waals surface area contributed by atoms with Crippen molar-refractivity contribution in [2.75, 3.05) is 12.0 Å². The summed E-state index contributed by atoms with van der Waals surface area (Å²) < 4.78 is 11.3. The molecule has 0 bridgehead atoms. The Bertz CT molecular complexity index is 1330. The van der Waals surface area contributed by atoms with Crippen LogP contribution in [0.5, 0.6) is 0 Å². The number of esters is 1. The van der Waals surface area contributed by atoms with E-state index in [9.17, 15) is 4.79 Å². The Morgan fingerprint density at radius 3 is 2.53 bits per heavy atom. The maximum atomic E-state index is 12.3. The molecule has 4 aromatic rings. The van der Waals surface area contributed by atoms with Crippen LogP contribution >= 0.6 is 12.2 Å². The molecule has 2 atom stereocenters. The number of aryl methyl sites for hydroxylation is 1. The Kier molecular flexibility index (Phi) is 5.86. The minimum atomic E-state index is -0.412. The fourth-order valence-corrected chi connectivity index (χ4v) is 4.62. The van der Waals surface area contributed by atoms with Crippen molar-refractivity contribution in [3.05, 3.63) is 108 Å². The summed E-state index contributed by atoms with van der Waals surface area (Å²) in [6.07, 6.45) is 1.77. The van der Waals surface area contributed by atoms with Gasteiger partial charge in [0.25, 0.3) is 0 Å². The molecule has 0 radical (unpaired) electrons. The van der Waals surface area contributed by atoms with Gasteiger partial charge in [-0.2, -0.15) is 0 Å². The number of thiocarbonyl (C=S) groups is 1. The van der Waals surface area contributed by atoms with Crippen LogP contribution in [-0.4, -0.2) is 23.2 Å². The van der Waals surface area contributed by atoms with Crippen LogP contribution in [0.1, 0.15) is 39.5 Å². The molecule has 5 rings (SSSR count). The molecule has 6 nitrogen and oxygen atoms in total. The van der Waals surface area contributed by atoms with Crippen molar-refractivity contribution in [1.82, 2.24) is 10.3 Å². The number of rotatable bonds is 5. The molecule has 0 aliphatic carbocycles. The third kappa shape index (κ3) is 3.95. The van der Waals surface area contributed by atoms with E-state index in [4.69, 9.17) is 21.4 Å². The minimum Gasteiger partial charge on any atom is -0.465 e. The van der Waals surface area contributed by atoms with Gasteiger partial charge in [0.1, 0.15) is 17.6 Å². The van der Waals surface area contributed by atoms with Crippen LogP contribution in [-0.2, 0) is 4.74 Å². The zero-order valence-corrected chi connectivity index (χ0v) is 19.6. The average molecular weight is 470 g/mol. The van der Waals surface area contributed by atoms with Gasteiger partial charge < -0.3 is 19.4 Å². The van der Waals surface area contributed by atoms with E-state index in [0.717, 1.165) is 11.4 Å². The number of nitrogens with one attached hydrogen (secondary N) is 1. The minimum absolute atomic E-state index is 0.218. The van der Waals surface area contributed by atoms with Crippen LogP contribution in [0, 0.1) is 6.92 Å². The van der Waals surface area contributed by atoms with Crippen LogP contribution in [0.4, 0.5) is 5.69 Å².